The third kappa shape index (κ3) is 40.2. The maximum absolute atomic E-state index is 3.24. The lowest BCUT2D eigenvalue weighted by atomic mass is 10.3. The smallest absolute Gasteiger partial charge is 0.181 e. The summed E-state index contributed by atoms with van der Waals surface area (Å²) in [6.45, 7) is 4.42. The molecule has 0 N–H and O–H groups in total. The third-order valence-electron chi connectivity index (χ3n) is 0.707. The van der Waals surface area contributed by atoms with Crippen LogP contribution in [0.1, 0.15) is 33.1 Å². The first-order chi connectivity index (χ1) is 4.15. The molecule has 0 aliphatic heterocycles. The van der Waals surface area contributed by atoms with E-state index in [1.54, 1.807) is 0 Å². The lowest BCUT2D eigenvalue weighted by Crippen LogP contribution is -1.60. The molecule has 0 radical (unpaired) electrons. The van der Waals surface area contributed by atoms with Crippen LogP contribution in [0.3, 0.4) is 0 Å². The van der Waals surface area contributed by atoms with E-state index in [-0.39, 0.29) is 0 Å². The van der Waals surface area contributed by atoms with Gasteiger partial charge in [-0.1, -0.05) is 33.1 Å². The number of rotatable bonds is 2. The zero-order chi connectivity index (χ0) is 7.70. The molecule has 0 heterocycles. The van der Waals surface area contributed by atoms with Crippen molar-refractivity contribution in [2.45, 2.75) is 33.1 Å². The SMILES string of the molecule is CCCCC.[Br][Al]([Br])[Br]. The van der Waals surface area contributed by atoms with E-state index in [1.807, 2.05) is 0 Å². The van der Waals surface area contributed by atoms with Crippen LogP contribution in [-0.2, 0) is 0 Å². The summed E-state index contributed by atoms with van der Waals surface area (Å²) in [5.74, 6) is 0. The molecule has 0 atom stereocenters. The first kappa shape index (κ1) is 13.6. The highest BCUT2D eigenvalue weighted by Gasteiger charge is 1.95. The highest BCUT2D eigenvalue weighted by molar-refractivity contribution is 9.69. The molecule has 56 valence electrons. The molecule has 0 spiro atoms. The second-order valence-electron chi connectivity index (χ2n) is 1.60. The normalized spacial score (nSPS) is 7.67. The predicted octanol–water partition coefficient (Wildman–Crippen LogP) is 4.35. The van der Waals surface area contributed by atoms with Crippen LogP contribution in [0.5, 0.6) is 0 Å². The molecule has 0 bridgehead atoms. The molecular weight excluding hydrogens is 327 g/mol. The molecule has 0 aromatic rings. The fourth-order valence-corrected chi connectivity index (χ4v) is 0.354. The van der Waals surface area contributed by atoms with Gasteiger partial charge >= 0.3 is 8.67 Å². The summed E-state index contributed by atoms with van der Waals surface area (Å²) in [6.07, 6.45) is 4.08. The summed E-state index contributed by atoms with van der Waals surface area (Å²) in [5.41, 5.74) is 0. The van der Waals surface area contributed by atoms with Gasteiger partial charge in [0.05, 0.1) is 0 Å². The van der Waals surface area contributed by atoms with E-state index < -0.39 is 8.67 Å². The summed E-state index contributed by atoms with van der Waals surface area (Å²) in [7, 11) is -0.701. The Morgan fingerprint density at radius 3 is 1.22 bits per heavy atom. The summed E-state index contributed by atoms with van der Waals surface area (Å²) >= 11 is 9.73. The van der Waals surface area contributed by atoms with Gasteiger partial charge in [0.15, 0.2) is 0 Å². The van der Waals surface area contributed by atoms with E-state index in [1.165, 1.54) is 19.3 Å². The second kappa shape index (κ2) is 12.6. The number of unbranched alkanes of at least 4 members (excludes halogenated alkanes) is 2. The van der Waals surface area contributed by atoms with E-state index in [4.69, 9.17) is 0 Å². The van der Waals surface area contributed by atoms with Crippen LogP contribution in [0.25, 0.3) is 0 Å². The van der Waals surface area contributed by atoms with Gasteiger partial charge < -0.3 is 0 Å². The van der Waals surface area contributed by atoms with E-state index in [0.717, 1.165) is 0 Å². The molecule has 0 fully saturated rings. The largest absolute Gasteiger partial charge is 0.542 e. The molecule has 4 heteroatoms. The molecule has 0 saturated carbocycles. The van der Waals surface area contributed by atoms with Gasteiger partial charge in [0.25, 0.3) is 0 Å². The van der Waals surface area contributed by atoms with Crippen molar-refractivity contribution in [2.24, 2.45) is 0 Å². The van der Waals surface area contributed by atoms with Gasteiger partial charge in [0.1, 0.15) is 0 Å². The van der Waals surface area contributed by atoms with Gasteiger partial charge in [-0.25, -0.2) is 0 Å². The highest BCUT2D eigenvalue weighted by atomic mass is 80.0. The van der Waals surface area contributed by atoms with Crippen molar-refractivity contribution in [3.05, 3.63) is 0 Å². The topological polar surface area (TPSA) is 0 Å². The zero-order valence-electron chi connectivity index (χ0n) is 5.83. The van der Waals surface area contributed by atoms with Gasteiger partial charge in [-0.05, 0) is 0 Å². The van der Waals surface area contributed by atoms with Crippen LogP contribution in [0.4, 0.5) is 0 Å². The van der Waals surface area contributed by atoms with Crippen molar-refractivity contribution in [1.82, 2.24) is 0 Å². The van der Waals surface area contributed by atoms with Crippen molar-refractivity contribution in [1.29, 1.82) is 0 Å². The first-order valence-corrected chi connectivity index (χ1v) is 12.6. The Bertz CT molecular complexity index is 36.4. The standard InChI is InChI=1S/C5H12.Al.3BrH/c1-3-5-4-2;;;;/h3-5H2,1-2H3;;3*1H/q;+3;;;/p-3. The van der Waals surface area contributed by atoms with Gasteiger partial charge in [-0.2, -0.15) is 42.2 Å². The average molecular weight is 339 g/mol. The molecule has 0 saturated heterocycles. The molecule has 0 amide bonds. The minimum absolute atomic E-state index is 0.701. The van der Waals surface area contributed by atoms with Crippen LogP contribution < -0.4 is 0 Å². The van der Waals surface area contributed by atoms with Crippen molar-refractivity contribution in [3.63, 3.8) is 0 Å². The van der Waals surface area contributed by atoms with Crippen molar-refractivity contribution in [3.8, 4) is 0 Å². The fraction of sp³-hybridized carbons (Fsp3) is 1.00. The van der Waals surface area contributed by atoms with Gasteiger partial charge in [0.2, 0.25) is 0 Å². The Morgan fingerprint density at radius 1 is 1.00 bits per heavy atom. The molecule has 0 rings (SSSR count). The van der Waals surface area contributed by atoms with Crippen LogP contribution in [0.2, 0.25) is 0 Å². The van der Waals surface area contributed by atoms with E-state index in [2.05, 4.69) is 56.0 Å². The third-order valence-corrected chi connectivity index (χ3v) is 0.707. The Balaban J connectivity index is 0. The molecule has 0 aromatic heterocycles. The molecule has 9 heavy (non-hydrogen) atoms. The maximum atomic E-state index is 3.24. The Hall–Kier alpha value is 1.97. The molecule has 0 aliphatic rings. The van der Waals surface area contributed by atoms with E-state index >= 15 is 0 Å². The first-order valence-electron chi connectivity index (χ1n) is 3.07. The summed E-state index contributed by atoms with van der Waals surface area (Å²) < 4.78 is 0. The molecular formula is C5H12AlBr3. The van der Waals surface area contributed by atoms with Gasteiger partial charge in [-0.3, -0.25) is 0 Å². The summed E-state index contributed by atoms with van der Waals surface area (Å²) in [4.78, 5) is 0. The highest BCUT2D eigenvalue weighted by Crippen LogP contribution is 2.07. The monoisotopic (exact) mass is 336 g/mol. The Labute approximate surface area is 83.1 Å². The average Bonchev–Trinajstić information content (AvgIpc) is 1.66. The number of hydrogen-bond donors (Lipinski definition) is 0. The minimum atomic E-state index is -0.701. The van der Waals surface area contributed by atoms with Crippen molar-refractivity contribution < 1.29 is 0 Å². The molecule has 0 nitrogen and oxygen atoms in total. The molecule has 0 aliphatic carbocycles. The predicted molar refractivity (Wildman–Crippen MR) is 57.7 cm³/mol. The van der Waals surface area contributed by atoms with Crippen molar-refractivity contribution in [2.75, 3.05) is 0 Å². The lowest BCUT2D eigenvalue weighted by molar-refractivity contribution is 0.772. The van der Waals surface area contributed by atoms with Crippen LogP contribution in [-0.4, -0.2) is 8.67 Å². The van der Waals surface area contributed by atoms with E-state index in [0.29, 0.717) is 0 Å². The Morgan fingerprint density at radius 2 is 1.22 bits per heavy atom. The molecule has 0 unspecified atom stereocenters. The van der Waals surface area contributed by atoms with Crippen LogP contribution in [0.15, 0.2) is 0 Å². The van der Waals surface area contributed by atoms with Crippen LogP contribution in [0, 0.1) is 0 Å². The number of halogens is 3. The quantitative estimate of drug-likeness (QED) is 0.657. The van der Waals surface area contributed by atoms with Gasteiger partial charge in [-0.15, -0.1) is 0 Å². The van der Waals surface area contributed by atoms with Crippen LogP contribution >= 0.6 is 42.2 Å². The molecule has 0 aromatic carbocycles. The summed E-state index contributed by atoms with van der Waals surface area (Å²) in [6, 6.07) is 0. The maximum Gasteiger partial charge on any atom is 0.542 e. The number of hydrogen-bond acceptors (Lipinski definition) is 0. The van der Waals surface area contributed by atoms with Crippen molar-refractivity contribution >= 4 is 50.8 Å². The Kier molecular flexibility index (Phi) is 19.0. The zero-order valence-corrected chi connectivity index (χ0v) is 11.7. The van der Waals surface area contributed by atoms with Gasteiger partial charge in [0, 0.05) is 0 Å². The minimum Gasteiger partial charge on any atom is -0.181 e. The lowest BCUT2D eigenvalue weighted by Gasteiger charge is -1.79. The second-order valence-corrected chi connectivity index (χ2v) is 21.4. The fourth-order valence-electron chi connectivity index (χ4n) is 0.354. The summed E-state index contributed by atoms with van der Waals surface area (Å²) in [5, 5.41) is 0. The van der Waals surface area contributed by atoms with E-state index in [9.17, 15) is 0 Å².